The topological polar surface area (TPSA) is 43.8 Å². The Bertz CT molecular complexity index is 895. The fourth-order valence-electron chi connectivity index (χ4n) is 6.66. The van der Waals surface area contributed by atoms with Gasteiger partial charge in [0, 0.05) is 26.2 Å². The van der Waals surface area contributed by atoms with E-state index in [4.69, 9.17) is 0 Å². The molecule has 2 aliphatic carbocycles. The molecule has 4 nitrogen and oxygen atoms in total. The van der Waals surface area contributed by atoms with Gasteiger partial charge in [0.1, 0.15) is 0 Å². The lowest BCUT2D eigenvalue weighted by Gasteiger charge is -2.40. The Hall–Kier alpha value is -2.33. The van der Waals surface area contributed by atoms with Crippen molar-refractivity contribution >= 4 is 11.8 Å². The molecule has 2 atom stereocenters. The van der Waals surface area contributed by atoms with E-state index < -0.39 is 6.09 Å². The number of amides is 1. The Balaban J connectivity index is 1.29. The molecule has 0 spiro atoms. The van der Waals surface area contributed by atoms with Gasteiger partial charge in [0.15, 0.2) is 0 Å². The standard InChI is InChI=1S/C28H36N2O2/c31-28(32)30(27-13-7-6-12-23(27)16-21-8-4-5-9-21)20-26-24-14-15-25(26)19-29(18-24)17-22-10-2-1-3-11-22/h1-3,6-7,10-13,21,24-26H,4-5,8-9,14-20H2,(H,31,32). The maximum Gasteiger partial charge on any atom is 0.411 e. The number of hydrogen-bond donors (Lipinski definition) is 1. The van der Waals surface area contributed by atoms with Crippen molar-refractivity contribution in [2.45, 2.75) is 51.5 Å². The third kappa shape index (κ3) is 4.71. The highest BCUT2D eigenvalue weighted by atomic mass is 16.4. The summed E-state index contributed by atoms with van der Waals surface area (Å²) < 4.78 is 0. The highest BCUT2D eigenvalue weighted by Crippen LogP contribution is 2.43. The fourth-order valence-corrected chi connectivity index (χ4v) is 6.66. The molecule has 1 N–H and O–H groups in total. The Morgan fingerprint density at radius 1 is 0.906 bits per heavy atom. The maximum atomic E-state index is 12.4. The van der Waals surface area contributed by atoms with E-state index >= 15 is 0 Å². The summed E-state index contributed by atoms with van der Waals surface area (Å²) in [5.41, 5.74) is 3.52. The minimum absolute atomic E-state index is 0.470. The zero-order valence-corrected chi connectivity index (χ0v) is 19.0. The molecule has 2 aromatic rings. The predicted molar refractivity (Wildman–Crippen MR) is 129 cm³/mol. The van der Waals surface area contributed by atoms with E-state index in [1.54, 1.807) is 4.90 Å². The van der Waals surface area contributed by atoms with E-state index in [1.165, 1.54) is 49.7 Å². The number of carboxylic acid groups (broad SMARTS) is 1. The predicted octanol–water partition coefficient (Wildman–Crippen LogP) is 6.06. The van der Waals surface area contributed by atoms with E-state index in [2.05, 4.69) is 47.4 Å². The van der Waals surface area contributed by atoms with Gasteiger partial charge in [-0.1, -0.05) is 74.2 Å². The molecule has 32 heavy (non-hydrogen) atoms. The van der Waals surface area contributed by atoms with E-state index in [1.807, 2.05) is 12.1 Å². The van der Waals surface area contributed by atoms with Gasteiger partial charge in [0.05, 0.1) is 5.69 Å². The number of carbonyl (C=O) groups is 1. The van der Waals surface area contributed by atoms with Crippen molar-refractivity contribution in [1.82, 2.24) is 4.90 Å². The van der Waals surface area contributed by atoms with E-state index in [0.717, 1.165) is 31.7 Å². The van der Waals surface area contributed by atoms with Crippen LogP contribution in [0.2, 0.25) is 0 Å². The molecule has 3 aliphatic rings. The van der Waals surface area contributed by atoms with Crippen LogP contribution in [0.3, 0.4) is 0 Å². The number of fused-ring (bicyclic) bond motifs is 2. The third-order valence-electron chi connectivity index (χ3n) is 8.24. The molecule has 1 saturated heterocycles. The summed E-state index contributed by atoms with van der Waals surface area (Å²) in [5, 5.41) is 10.2. The summed E-state index contributed by atoms with van der Waals surface area (Å²) in [7, 11) is 0. The molecule has 170 valence electrons. The van der Waals surface area contributed by atoms with E-state index in [0.29, 0.717) is 30.2 Å². The van der Waals surface area contributed by atoms with Crippen LogP contribution >= 0.6 is 0 Å². The molecule has 1 amide bonds. The van der Waals surface area contributed by atoms with E-state index in [-0.39, 0.29) is 0 Å². The quantitative estimate of drug-likeness (QED) is 0.578. The molecular weight excluding hydrogens is 396 g/mol. The minimum atomic E-state index is -0.796. The van der Waals surface area contributed by atoms with Crippen molar-refractivity contribution in [3.63, 3.8) is 0 Å². The summed E-state index contributed by atoms with van der Waals surface area (Å²) in [5.74, 6) is 2.38. The normalized spacial score (nSPS) is 25.8. The summed E-state index contributed by atoms with van der Waals surface area (Å²) in [6, 6.07) is 19.0. The van der Waals surface area contributed by atoms with Crippen LogP contribution in [-0.4, -0.2) is 35.7 Å². The number of anilines is 1. The van der Waals surface area contributed by atoms with Crippen LogP contribution in [0.4, 0.5) is 10.5 Å². The summed E-state index contributed by atoms with van der Waals surface area (Å²) in [6.45, 7) is 3.83. The zero-order valence-electron chi connectivity index (χ0n) is 19.0. The van der Waals surface area contributed by atoms with Crippen molar-refractivity contribution in [2.24, 2.45) is 23.7 Å². The third-order valence-corrected chi connectivity index (χ3v) is 8.24. The van der Waals surface area contributed by atoms with Gasteiger partial charge in [-0.3, -0.25) is 9.80 Å². The van der Waals surface area contributed by atoms with Gasteiger partial charge < -0.3 is 5.11 Å². The number of nitrogens with zero attached hydrogens (tertiary/aromatic N) is 2. The molecule has 0 aromatic heterocycles. The van der Waals surface area contributed by atoms with Crippen molar-refractivity contribution in [3.8, 4) is 0 Å². The van der Waals surface area contributed by atoms with Crippen LogP contribution in [0.15, 0.2) is 54.6 Å². The van der Waals surface area contributed by atoms with Crippen molar-refractivity contribution < 1.29 is 9.90 Å². The zero-order chi connectivity index (χ0) is 21.9. The lowest BCUT2D eigenvalue weighted by Crippen LogP contribution is -2.47. The second-order valence-corrected chi connectivity index (χ2v) is 10.3. The molecule has 1 heterocycles. The molecule has 2 unspecified atom stereocenters. The molecule has 2 saturated carbocycles. The highest BCUT2D eigenvalue weighted by Gasteiger charge is 2.43. The average Bonchev–Trinajstić information content (AvgIpc) is 3.38. The molecule has 0 radical (unpaired) electrons. The van der Waals surface area contributed by atoms with Crippen LogP contribution in [0.1, 0.15) is 49.7 Å². The van der Waals surface area contributed by atoms with Crippen LogP contribution < -0.4 is 4.90 Å². The molecule has 1 aliphatic heterocycles. The van der Waals surface area contributed by atoms with Gasteiger partial charge in [-0.15, -0.1) is 0 Å². The monoisotopic (exact) mass is 432 g/mol. The molecule has 4 heteroatoms. The summed E-state index contributed by atoms with van der Waals surface area (Å²) >= 11 is 0. The van der Waals surface area contributed by atoms with Gasteiger partial charge in [0.25, 0.3) is 0 Å². The first-order valence-corrected chi connectivity index (χ1v) is 12.5. The van der Waals surface area contributed by atoms with Gasteiger partial charge in [0.2, 0.25) is 0 Å². The van der Waals surface area contributed by atoms with Crippen LogP contribution in [0.25, 0.3) is 0 Å². The highest BCUT2D eigenvalue weighted by molar-refractivity contribution is 5.87. The first-order chi connectivity index (χ1) is 15.7. The molecule has 3 fully saturated rings. The summed E-state index contributed by atoms with van der Waals surface area (Å²) in [6.07, 6.45) is 7.89. The molecule has 2 bridgehead atoms. The Labute approximate surface area is 192 Å². The van der Waals surface area contributed by atoms with Crippen LogP contribution in [0, 0.1) is 23.7 Å². The van der Waals surface area contributed by atoms with Gasteiger partial charge in [-0.2, -0.15) is 0 Å². The van der Waals surface area contributed by atoms with Crippen LogP contribution in [0.5, 0.6) is 0 Å². The lowest BCUT2D eigenvalue weighted by atomic mass is 9.84. The minimum Gasteiger partial charge on any atom is -0.465 e. The number of piperidine rings is 1. The Morgan fingerprint density at radius 3 is 2.25 bits per heavy atom. The second-order valence-electron chi connectivity index (χ2n) is 10.3. The van der Waals surface area contributed by atoms with Gasteiger partial charge >= 0.3 is 6.09 Å². The lowest BCUT2D eigenvalue weighted by molar-refractivity contribution is 0.105. The van der Waals surface area contributed by atoms with E-state index in [9.17, 15) is 9.90 Å². The van der Waals surface area contributed by atoms with Crippen molar-refractivity contribution in [2.75, 3.05) is 24.5 Å². The Kier molecular flexibility index (Phi) is 6.49. The second kappa shape index (κ2) is 9.66. The van der Waals surface area contributed by atoms with Gasteiger partial charge in [-0.05, 0) is 60.1 Å². The first-order valence-electron chi connectivity index (χ1n) is 12.5. The number of hydrogen-bond acceptors (Lipinski definition) is 2. The number of para-hydroxylation sites is 1. The largest absolute Gasteiger partial charge is 0.465 e. The molecular formula is C28H36N2O2. The van der Waals surface area contributed by atoms with Crippen molar-refractivity contribution in [3.05, 3.63) is 65.7 Å². The summed E-state index contributed by atoms with van der Waals surface area (Å²) in [4.78, 5) is 16.7. The van der Waals surface area contributed by atoms with Crippen LogP contribution in [-0.2, 0) is 13.0 Å². The van der Waals surface area contributed by atoms with Crippen molar-refractivity contribution in [1.29, 1.82) is 0 Å². The maximum absolute atomic E-state index is 12.4. The smallest absolute Gasteiger partial charge is 0.411 e. The van der Waals surface area contributed by atoms with Gasteiger partial charge in [-0.25, -0.2) is 4.79 Å². The Morgan fingerprint density at radius 2 is 1.56 bits per heavy atom. The number of likely N-dealkylation sites (tertiary alicyclic amines) is 1. The molecule has 2 aromatic carbocycles. The number of benzene rings is 2. The first kappa shape index (κ1) is 21.5. The molecule has 5 rings (SSSR count). The SMILES string of the molecule is O=C(O)N(CC1C2CCC1CN(Cc1ccccc1)C2)c1ccccc1CC1CCCC1. The number of rotatable bonds is 7. The average molecular weight is 433 g/mol. The fraction of sp³-hybridized carbons (Fsp3) is 0.536.